The third-order valence-corrected chi connectivity index (χ3v) is 6.71. The zero-order valence-corrected chi connectivity index (χ0v) is 21.6. The van der Waals surface area contributed by atoms with Gasteiger partial charge in [-0.05, 0) is 58.5 Å². The van der Waals surface area contributed by atoms with Crippen molar-refractivity contribution < 1.29 is 19.1 Å². The molecule has 1 aliphatic rings. The van der Waals surface area contributed by atoms with Gasteiger partial charge in [0.2, 0.25) is 0 Å². The Morgan fingerprint density at radius 1 is 0.821 bits per heavy atom. The Balaban J connectivity index is 1.38. The average molecular weight is 522 g/mol. The zero-order chi connectivity index (χ0) is 27.0. The first-order chi connectivity index (χ1) is 19.1. The summed E-state index contributed by atoms with van der Waals surface area (Å²) in [6, 6.07) is 31.6. The van der Waals surface area contributed by atoms with Crippen molar-refractivity contribution in [3.8, 4) is 5.75 Å². The molecule has 0 fully saturated rings. The van der Waals surface area contributed by atoms with Crippen LogP contribution in [0.4, 0.5) is 10.5 Å². The molecule has 7 heteroatoms. The van der Waals surface area contributed by atoms with Crippen LogP contribution < -0.4 is 15.8 Å². The van der Waals surface area contributed by atoms with E-state index in [1.54, 1.807) is 6.07 Å². The Kier molecular flexibility index (Phi) is 8.19. The number of anilines is 1. The van der Waals surface area contributed by atoms with Crippen molar-refractivity contribution in [2.24, 2.45) is 5.73 Å². The molecule has 0 radical (unpaired) electrons. The number of nitrogens with two attached hydrogens (primary N) is 1. The summed E-state index contributed by atoms with van der Waals surface area (Å²) in [5.74, 6) is 0.396. The molecule has 3 N–H and O–H groups in total. The summed E-state index contributed by atoms with van der Waals surface area (Å²) < 4.78 is 11.6. The van der Waals surface area contributed by atoms with E-state index in [9.17, 15) is 9.59 Å². The summed E-state index contributed by atoms with van der Waals surface area (Å²) in [7, 11) is 0. The smallest absolute Gasteiger partial charge is 0.411 e. The summed E-state index contributed by atoms with van der Waals surface area (Å²) in [6.45, 7) is 1.27. The molecule has 198 valence electrons. The number of hydrogen-bond acceptors (Lipinski definition) is 5. The summed E-state index contributed by atoms with van der Waals surface area (Å²) in [4.78, 5) is 28.4. The van der Waals surface area contributed by atoms with Crippen molar-refractivity contribution in [3.63, 3.8) is 0 Å². The molecular weight excluding hydrogens is 490 g/mol. The maximum absolute atomic E-state index is 13.7. The van der Waals surface area contributed by atoms with Gasteiger partial charge in [-0.3, -0.25) is 9.69 Å². The van der Waals surface area contributed by atoms with Crippen LogP contribution in [0.2, 0.25) is 0 Å². The quantitative estimate of drug-likeness (QED) is 0.315. The molecular formula is C32H31N3O4. The van der Waals surface area contributed by atoms with Gasteiger partial charge in [0, 0.05) is 18.8 Å². The number of fused-ring (bicyclic) bond motifs is 1. The number of benzene rings is 4. The first-order valence-corrected chi connectivity index (χ1v) is 13.0. The van der Waals surface area contributed by atoms with Crippen molar-refractivity contribution >= 4 is 17.7 Å². The number of amides is 2. The number of carbonyl (C=O) groups is 2. The van der Waals surface area contributed by atoms with Gasteiger partial charge in [-0.2, -0.15) is 0 Å². The predicted octanol–water partition coefficient (Wildman–Crippen LogP) is 5.60. The fourth-order valence-electron chi connectivity index (χ4n) is 4.70. The number of nitrogens with zero attached hydrogens (tertiary/aromatic N) is 1. The lowest BCUT2D eigenvalue weighted by atomic mass is 9.92. The highest BCUT2D eigenvalue weighted by Crippen LogP contribution is 2.34. The van der Waals surface area contributed by atoms with Gasteiger partial charge >= 0.3 is 6.09 Å². The average Bonchev–Trinajstić information content (AvgIpc) is 2.99. The highest BCUT2D eigenvalue weighted by Gasteiger charge is 2.37. The minimum absolute atomic E-state index is 0.127. The van der Waals surface area contributed by atoms with Crippen LogP contribution in [-0.2, 0) is 35.7 Å². The third kappa shape index (κ3) is 6.45. The highest BCUT2D eigenvalue weighted by molar-refractivity contribution is 5.97. The fourth-order valence-corrected chi connectivity index (χ4v) is 4.70. The molecule has 0 aliphatic carbocycles. The molecule has 39 heavy (non-hydrogen) atoms. The normalized spacial score (nSPS) is 14.3. The van der Waals surface area contributed by atoms with E-state index in [4.69, 9.17) is 15.2 Å². The van der Waals surface area contributed by atoms with Gasteiger partial charge in [0.05, 0.1) is 0 Å². The molecule has 1 aliphatic heterocycles. The molecule has 0 saturated heterocycles. The Morgan fingerprint density at radius 2 is 1.51 bits per heavy atom. The second kappa shape index (κ2) is 12.3. The van der Waals surface area contributed by atoms with Crippen LogP contribution in [0.25, 0.3) is 0 Å². The molecule has 1 heterocycles. The van der Waals surface area contributed by atoms with Crippen molar-refractivity contribution in [1.82, 2.24) is 4.90 Å². The van der Waals surface area contributed by atoms with Crippen LogP contribution >= 0.6 is 0 Å². The predicted molar refractivity (Wildman–Crippen MR) is 150 cm³/mol. The topological polar surface area (TPSA) is 93.9 Å². The van der Waals surface area contributed by atoms with E-state index >= 15 is 0 Å². The Hall–Kier alpha value is -4.62. The number of hydrogen-bond donors (Lipinski definition) is 2. The molecule has 0 unspecified atom stereocenters. The van der Waals surface area contributed by atoms with Gasteiger partial charge in [0.15, 0.2) is 0 Å². The molecule has 0 saturated carbocycles. The number of carbonyl (C=O) groups excluding carboxylic acids is 2. The van der Waals surface area contributed by atoms with Crippen LogP contribution in [0.3, 0.4) is 0 Å². The summed E-state index contributed by atoms with van der Waals surface area (Å²) in [5.41, 5.74) is 11.0. The van der Waals surface area contributed by atoms with Gasteiger partial charge in [-0.1, -0.05) is 78.9 Å². The van der Waals surface area contributed by atoms with E-state index in [1.165, 1.54) is 4.90 Å². The SMILES string of the molecule is NCc1cccc(NC(=O)[C@H]2c3ccc(OCc4ccccc4)cc3CCN2C(=O)OCc2ccccc2)c1. The van der Waals surface area contributed by atoms with E-state index in [1.807, 2.05) is 97.1 Å². The molecule has 7 nitrogen and oxygen atoms in total. The molecule has 4 aromatic carbocycles. The van der Waals surface area contributed by atoms with Gasteiger partial charge in [-0.25, -0.2) is 4.79 Å². The van der Waals surface area contributed by atoms with Crippen molar-refractivity contribution in [1.29, 1.82) is 0 Å². The monoisotopic (exact) mass is 521 g/mol. The van der Waals surface area contributed by atoms with Gasteiger partial charge in [0.25, 0.3) is 5.91 Å². The molecule has 0 spiro atoms. The van der Waals surface area contributed by atoms with E-state index in [0.29, 0.717) is 37.6 Å². The zero-order valence-electron chi connectivity index (χ0n) is 21.6. The molecule has 2 amide bonds. The van der Waals surface area contributed by atoms with Gasteiger partial charge in [0.1, 0.15) is 25.0 Å². The molecule has 0 aromatic heterocycles. The molecule has 4 aromatic rings. The standard InChI is InChI=1S/C32H31N3O4/c33-20-25-12-7-13-27(18-25)34-31(36)30-29-15-14-28(38-21-23-8-3-1-4-9-23)19-26(29)16-17-35(30)32(37)39-22-24-10-5-2-6-11-24/h1-15,18-19,30H,16-17,20-22,33H2,(H,34,36)/t30-/m1/s1. The van der Waals surface area contributed by atoms with Gasteiger partial charge < -0.3 is 20.5 Å². The molecule has 5 rings (SSSR count). The van der Waals surface area contributed by atoms with E-state index in [2.05, 4.69) is 5.32 Å². The summed E-state index contributed by atoms with van der Waals surface area (Å²) in [5, 5.41) is 2.97. The minimum atomic E-state index is -0.860. The number of nitrogens with one attached hydrogen (secondary N) is 1. The lowest BCUT2D eigenvalue weighted by Crippen LogP contribution is -2.45. The van der Waals surface area contributed by atoms with E-state index in [-0.39, 0.29) is 12.5 Å². The van der Waals surface area contributed by atoms with Crippen LogP contribution in [0.1, 0.15) is 33.9 Å². The largest absolute Gasteiger partial charge is 0.489 e. The van der Waals surface area contributed by atoms with Crippen molar-refractivity contribution in [2.75, 3.05) is 11.9 Å². The number of ether oxygens (including phenoxy) is 2. The van der Waals surface area contributed by atoms with Crippen molar-refractivity contribution in [3.05, 3.63) is 131 Å². The minimum Gasteiger partial charge on any atom is -0.489 e. The van der Waals surface area contributed by atoms with Gasteiger partial charge in [-0.15, -0.1) is 0 Å². The number of rotatable bonds is 8. The molecule has 0 bridgehead atoms. The first-order valence-electron chi connectivity index (χ1n) is 13.0. The maximum Gasteiger partial charge on any atom is 0.411 e. The van der Waals surface area contributed by atoms with Crippen LogP contribution in [0, 0.1) is 0 Å². The Morgan fingerprint density at radius 3 is 2.23 bits per heavy atom. The lowest BCUT2D eigenvalue weighted by Gasteiger charge is -2.35. The second-order valence-electron chi connectivity index (χ2n) is 9.41. The van der Waals surface area contributed by atoms with Crippen LogP contribution in [0.15, 0.2) is 103 Å². The first kappa shape index (κ1) is 26.0. The van der Waals surface area contributed by atoms with Crippen LogP contribution in [-0.4, -0.2) is 23.4 Å². The maximum atomic E-state index is 13.7. The third-order valence-electron chi connectivity index (χ3n) is 6.71. The summed E-state index contributed by atoms with van der Waals surface area (Å²) >= 11 is 0. The van der Waals surface area contributed by atoms with E-state index in [0.717, 1.165) is 27.8 Å². The van der Waals surface area contributed by atoms with Crippen LogP contribution in [0.5, 0.6) is 5.75 Å². The molecule has 1 atom stereocenters. The fraction of sp³-hybridized carbons (Fsp3) is 0.188. The lowest BCUT2D eigenvalue weighted by molar-refractivity contribution is -0.121. The van der Waals surface area contributed by atoms with E-state index < -0.39 is 12.1 Å². The highest BCUT2D eigenvalue weighted by atomic mass is 16.6. The summed E-state index contributed by atoms with van der Waals surface area (Å²) in [6.07, 6.45) is 0.0369. The Labute approximate surface area is 228 Å². The van der Waals surface area contributed by atoms with Crippen molar-refractivity contribution in [2.45, 2.75) is 32.2 Å². The Bertz CT molecular complexity index is 1430. The second-order valence-corrected chi connectivity index (χ2v) is 9.41.